The summed E-state index contributed by atoms with van der Waals surface area (Å²) in [5.41, 5.74) is 7.07. The quantitative estimate of drug-likeness (QED) is 0.571. The highest BCUT2D eigenvalue weighted by Gasteiger charge is 2.62. The summed E-state index contributed by atoms with van der Waals surface area (Å²) in [6.45, 7) is 8.91. The van der Waals surface area contributed by atoms with Crippen LogP contribution in [0.15, 0.2) is 35.9 Å². The van der Waals surface area contributed by atoms with Gasteiger partial charge in [0.1, 0.15) is 0 Å². The van der Waals surface area contributed by atoms with E-state index < -0.39 is 0 Å². The molecule has 19 heavy (non-hydrogen) atoms. The molecule has 0 radical (unpaired) electrons. The van der Waals surface area contributed by atoms with E-state index in [1.54, 1.807) is 16.7 Å². The molecular weight excluding hydrogens is 228 g/mol. The molecule has 2 atom stereocenters. The normalized spacial score (nSPS) is 31.9. The van der Waals surface area contributed by atoms with Gasteiger partial charge in [-0.25, -0.2) is 0 Å². The zero-order valence-electron chi connectivity index (χ0n) is 11.9. The van der Waals surface area contributed by atoms with Gasteiger partial charge < -0.3 is 0 Å². The van der Waals surface area contributed by atoms with Crippen molar-refractivity contribution < 1.29 is 0 Å². The summed E-state index contributed by atoms with van der Waals surface area (Å²) in [6, 6.07) is 6.80. The average Bonchev–Trinajstić information content (AvgIpc) is 2.48. The second kappa shape index (κ2) is 4.37. The minimum atomic E-state index is 0. The molecule has 0 amide bonds. The standard InChI is InChI=1S/C16H16.C2H6.CH4/c1-15-9-12-7-3-5-11-6-4-8-13(10-15)16(15,2)14(11)12;1-2;/h3-8H,9-10H2,1-2H3;1-2H3;1H4. The Kier molecular flexibility index (Phi) is 3.24. The van der Waals surface area contributed by atoms with Crippen LogP contribution in [0.4, 0.5) is 0 Å². The first-order valence-electron chi connectivity index (χ1n) is 7.15. The van der Waals surface area contributed by atoms with Crippen molar-refractivity contribution in [2.45, 2.75) is 53.4 Å². The maximum Gasteiger partial charge on any atom is 0.0205 e. The highest BCUT2D eigenvalue weighted by atomic mass is 14.6. The first-order valence-corrected chi connectivity index (χ1v) is 7.15. The second-order valence-electron chi connectivity index (χ2n) is 5.97. The Balaban J connectivity index is 0.000000426. The van der Waals surface area contributed by atoms with Crippen LogP contribution in [0.5, 0.6) is 0 Å². The van der Waals surface area contributed by atoms with Crippen LogP contribution in [0.25, 0.3) is 6.08 Å². The Bertz CT molecular complexity index is 561. The lowest BCUT2D eigenvalue weighted by Gasteiger charge is -2.55. The minimum absolute atomic E-state index is 0. The molecule has 1 aromatic rings. The van der Waals surface area contributed by atoms with Gasteiger partial charge in [0.2, 0.25) is 0 Å². The van der Waals surface area contributed by atoms with E-state index in [-0.39, 0.29) is 7.43 Å². The smallest absolute Gasteiger partial charge is 0.0205 e. The Morgan fingerprint density at radius 1 is 1.05 bits per heavy atom. The minimum Gasteiger partial charge on any atom is -0.0776 e. The van der Waals surface area contributed by atoms with E-state index in [4.69, 9.17) is 0 Å². The molecule has 0 nitrogen and oxygen atoms in total. The maximum absolute atomic E-state index is 2.46. The monoisotopic (exact) mass is 254 g/mol. The van der Waals surface area contributed by atoms with Crippen molar-refractivity contribution in [1.29, 1.82) is 0 Å². The summed E-state index contributed by atoms with van der Waals surface area (Å²) < 4.78 is 0. The highest BCUT2D eigenvalue weighted by molar-refractivity contribution is 5.69. The van der Waals surface area contributed by atoms with Crippen LogP contribution in [0.3, 0.4) is 0 Å². The summed E-state index contributed by atoms with van der Waals surface area (Å²) in [5.74, 6) is 0. The van der Waals surface area contributed by atoms with Gasteiger partial charge in [-0.2, -0.15) is 0 Å². The van der Waals surface area contributed by atoms with Crippen molar-refractivity contribution >= 4 is 6.08 Å². The average molecular weight is 254 g/mol. The fraction of sp³-hybridized carbons (Fsp3) is 0.474. The van der Waals surface area contributed by atoms with Crippen molar-refractivity contribution in [2.24, 2.45) is 5.41 Å². The molecule has 0 bridgehead atoms. The Morgan fingerprint density at radius 3 is 2.53 bits per heavy atom. The molecule has 0 spiro atoms. The predicted molar refractivity (Wildman–Crippen MR) is 85.4 cm³/mol. The molecule has 4 rings (SSSR count). The van der Waals surface area contributed by atoms with Gasteiger partial charge in [-0.15, -0.1) is 0 Å². The SMILES string of the molecule is C.CC.CC12CC3=CC=Cc4cccc(c4C31C)C2. The molecule has 0 N–H and O–H groups in total. The number of hydrogen-bond acceptors (Lipinski definition) is 0. The van der Waals surface area contributed by atoms with Gasteiger partial charge in [-0.1, -0.05) is 77.1 Å². The number of hydrogen-bond donors (Lipinski definition) is 0. The second-order valence-corrected chi connectivity index (χ2v) is 5.97. The first kappa shape index (κ1) is 14.1. The van der Waals surface area contributed by atoms with E-state index in [0.29, 0.717) is 10.8 Å². The Morgan fingerprint density at radius 2 is 1.79 bits per heavy atom. The molecule has 0 saturated heterocycles. The van der Waals surface area contributed by atoms with Crippen LogP contribution in [0, 0.1) is 5.41 Å². The molecule has 1 saturated carbocycles. The van der Waals surface area contributed by atoms with Crippen LogP contribution in [-0.2, 0) is 11.8 Å². The molecule has 0 heteroatoms. The third-order valence-corrected chi connectivity index (χ3v) is 5.27. The van der Waals surface area contributed by atoms with Crippen molar-refractivity contribution in [2.75, 3.05) is 0 Å². The number of benzene rings is 1. The van der Waals surface area contributed by atoms with Crippen molar-refractivity contribution in [1.82, 2.24) is 0 Å². The van der Waals surface area contributed by atoms with E-state index in [0.717, 1.165) is 0 Å². The zero-order valence-corrected chi connectivity index (χ0v) is 11.9. The third kappa shape index (κ3) is 1.46. The molecule has 3 aliphatic carbocycles. The van der Waals surface area contributed by atoms with Gasteiger partial charge in [0.05, 0.1) is 0 Å². The lowest BCUT2D eigenvalue weighted by Crippen LogP contribution is -2.50. The number of allylic oxidation sites excluding steroid dienone is 3. The molecule has 0 aromatic heterocycles. The molecule has 0 aliphatic heterocycles. The van der Waals surface area contributed by atoms with Crippen LogP contribution in [0.2, 0.25) is 0 Å². The molecular formula is C19H26. The molecule has 1 fully saturated rings. The molecule has 2 unspecified atom stereocenters. The van der Waals surface area contributed by atoms with Crippen molar-refractivity contribution in [3.63, 3.8) is 0 Å². The van der Waals surface area contributed by atoms with Crippen LogP contribution in [0.1, 0.15) is 58.2 Å². The maximum atomic E-state index is 2.46. The summed E-state index contributed by atoms with van der Waals surface area (Å²) in [7, 11) is 0. The fourth-order valence-corrected chi connectivity index (χ4v) is 4.19. The Hall–Kier alpha value is -1.30. The largest absolute Gasteiger partial charge is 0.0776 e. The van der Waals surface area contributed by atoms with Gasteiger partial charge in [-0.05, 0) is 34.9 Å². The molecule has 1 aromatic carbocycles. The molecule has 102 valence electrons. The van der Waals surface area contributed by atoms with Gasteiger partial charge in [-0.3, -0.25) is 0 Å². The van der Waals surface area contributed by atoms with E-state index in [1.807, 2.05) is 13.8 Å². The molecule has 3 aliphatic rings. The van der Waals surface area contributed by atoms with E-state index in [1.165, 1.54) is 18.4 Å². The van der Waals surface area contributed by atoms with E-state index in [9.17, 15) is 0 Å². The van der Waals surface area contributed by atoms with E-state index in [2.05, 4.69) is 50.3 Å². The van der Waals surface area contributed by atoms with Crippen LogP contribution < -0.4 is 0 Å². The summed E-state index contributed by atoms with van der Waals surface area (Å²) in [5, 5.41) is 0. The third-order valence-electron chi connectivity index (χ3n) is 5.27. The predicted octanol–water partition coefficient (Wildman–Crippen LogP) is 5.53. The lowest BCUT2D eigenvalue weighted by molar-refractivity contribution is 0.123. The summed E-state index contributed by atoms with van der Waals surface area (Å²) in [4.78, 5) is 0. The highest BCUT2D eigenvalue weighted by Crippen LogP contribution is 2.68. The van der Waals surface area contributed by atoms with Gasteiger partial charge in [0, 0.05) is 5.41 Å². The number of rotatable bonds is 0. The van der Waals surface area contributed by atoms with Gasteiger partial charge in [0.25, 0.3) is 0 Å². The first-order chi connectivity index (χ1) is 8.65. The van der Waals surface area contributed by atoms with Crippen LogP contribution in [-0.4, -0.2) is 0 Å². The van der Waals surface area contributed by atoms with E-state index >= 15 is 0 Å². The molecule has 0 heterocycles. The fourth-order valence-electron chi connectivity index (χ4n) is 4.19. The zero-order chi connectivity index (χ0) is 13.0. The lowest BCUT2D eigenvalue weighted by atomic mass is 9.48. The Labute approximate surface area is 118 Å². The summed E-state index contributed by atoms with van der Waals surface area (Å²) >= 11 is 0. The van der Waals surface area contributed by atoms with Crippen LogP contribution >= 0.6 is 0 Å². The van der Waals surface area contributed by atoms with Gasteiger partial charge in [0.15, 0.2) is 0 Å². The van der Waals surface area contributed by atoms with Gasteiger partial charge >= 0.3 is 0 Å². The summed E-state index contributed by atoms with van der Waals surface area (Å²) in [6.07, 6.45) is 9.39. The topological polar surface area (TPSA) is 0 Å². The van der Waals surface area contributed by atoms with Crippen molar-refractivity contribution in [3.05, 3.63) is 52.6 Å². The van der Waals surface area contributed by atoms with Crippen molar-refractivity contribution in [3.8, 4) is 0 Å².